The molecule has 6 nitrogen and oxygen atoms in total. The van der Waals surface area contributed by atoms with Gasteiger partial charge in [0, 0.05) is 20.1 Å². The van der Waals surface area contributed by atoms with Gasteiger partial charge in [-0.25, -0.2) is 8.42 Å². The highest BCUT2D eigenvalue weighted by atomic mass is 32.2. The number of hydrogen-bond acceptors (Lipinski definition) is 5. The number of benzene rings is 1. The topological polar surface area (TPSA) is 93.4 Å². The minimum Gasteiger partial charge on any atom is -0.390 e. The number of likely N-dealkylation sites (N-methyl/N-ethyl adjacent to an activating group) is 1. The molecule has 1 saturated heterocycles. The van der Waals surface area contributed by atoms with E-state index in [9.17, 15) is 13.5 Å². The molecule has 0 amide bonds. The SMILES string of the molecule is CN([C@H]1CNC[C@@H]1O)S(=O)(=O)c1cccc(C#N)c1. The molecule has 2 N–H and O–H groups in total. The van der Waals surface area contributed by atoms with E-state index in [-0.39, 0.29) is 4.90 Å². The summed E-state index contributed by atoms with van der Waals surface area (Å²) in [4.78, 5) is 0.0631. The number of rotatable bonds is 3. The molecular weight excluding hydrogens is 266 g/mol. The minimum absolute atomic E-state index is 0.0631. The molecule has 1 heterocycles. The zero-order valence-electron chi connectivity index (χ0n) is 10.4. The van der Waals surface area contributed by atoms with E-state index in [4.69, 9.17) is 5.26 Å². The lowest BCUT2D eigenvalue weighted by molar-refractivity contribution is 0.136. The van der Waals surface area contributed by atoms with Crippen LogP contribution in [-0.2, 0) is 10.0 Å². The molecule has 1 aliphatic heterocycles. The van der Waals surface area contributed by atoms with E-state index in [2.05, 4.69) is 5.32 Å². The highest BCUT2D eigenvalue weighted by Crippen LogP contribution is 2.20. The first-order valence-corrected chi connectivity index (χ1v) is 7.28. The highest BCUT2D eigenvalue weighted by molar-refractivity contribution is 7.89. The van der Waals surface area contributed by atoms with Gasteiger partial charge in [-0.2, -0.15) is 9.57 Å². The Hall–Kier alpha value is -1.46. The Labute approximate surface area is 112 Å². The fourth-order valence-corrected chi connectivity index (χ4v) is 3.52. The number of nitrogens with one attached hydrogen (secondary N) is 1. The van der Waals surface area contributed by atoms with Crippen molar-refractivity contribution in [2.24, 2.45) is 0 Å². The third-order valence-corrected chi connectivity index (χ3v) is 5.14. The molecule has 2 atom stereocenters. The summed E-state index contributed by atoms with van der Waals surface area (Å²) < 4.78 is 26.0. The van der Waals surface area contributed by atoms with Crippen molar-refractivity contribution in [3.8, 4) is 6.07 Å². The zero-order valence-corrected chi connectivity index (χ0v) is 11.3. The molecule has 102 valence electrons. The molecule has 0 radical (unpaired) electrons. The van der Waals surface area contributed by atoms with Gasteiger partial charge in [-0.15, -0.1) is 0 Å². The van der Waals surface area contributed by atoms with E-state index < -0.39 is 22.2 Å². The molecule has 1 aromatic carbocycles. The number of nitriles is 1. The van der Waals surface area contributed by atoms with Crippen molar-refractivity contribution in [1.29, 1.82) is 5.26 Å². The van der Waals surface area contributed by atoms with Crippen molar-refractivity contribution in [1.82, 2.24) is 9.62 Å². The summed E-state index contributed by atoms with van der Waals surface area (Å²) in [6.07, 6.45) is -0.723. The Morgan fingerprint density at radius 2 is 2.21 bits per heavy atom. The Balaban J connectivity index is 2.34. The van der Waals surface area contributed by atoms with Gasteiger partial charge in [-0.1, -0.05) is 6.07 Å². The summed E-state index contributed by atoms with van der Waals surface area (Å²) in [6.45, 7) is 0.789. The van der Waals surface area contributed by atoms with Crippen molar-refractivity contribution in [2.45, 2.75) is 17.0 Å². The fraction of sp³-hybridized carbons (Fsp3) is 0.417. The second-order valence-electron chi connectivity index (χ2n) is 4.45. The lowest BCUT2D eigenvalue weighted by atomic mass is 10.2. The van der Waals surface area contributed by atoms with Crippen LogP contribution < -0.4 is 5.32 Å². The van der Waals surface area contributed by atoms with Crippen LogP contribution in [-0.4, -0.2) is 50.1 Å². The number of nitrogens with zero attached hydrogens (tertiary/aromatic N) is 2. The second-order valence-corrected chi connectivity index (χ2v) is 6.45. The van der Waals surface area contributed by atoms with Crippen LogP contribution in [0.1, 0.15) is 5.56 Å². The van der Waals surface area contributed by atoms with Gasteiger partial charge in [-0.3, -0.25) is 0 Å². The lowest BCUT2D eigenvalue weighted by Crippen LogP contribution is -2.44. The summed E-state index contributed by atoms with van der Waals surface area (Å²) in [5, 5.41) is 21.5. The van der Waals surface area contributed by atoms with Gasteiger partial charge < -0.3 is 10.4 Å². The molecule has 0 aromatic heterocycles. The van der Waals surface area contributed by atoms with E-state index in [0.717, 1.165) is 4.31 Å². The third-order valence-electron chi connectivity index (χ3n) is 3.26. The van der Waals surface area contributed by atoms with E-state index in [0.29, 0.717) is 18.7 Å². The number of aliphatic hydroxyl groups is 1. The van der Waals surface area contributed by atoms with Crippen LogP contribution in [0.3, 0.4) is 0 Å². The summed E-state index contributed by atoms with van der Waals surface area (Å²) in [6, 6.07) is 7.28. The molecule has 0 unspecified atom stereocenters. The maximum Gasteiger partial charge on any atom is 0.243 e. The smallest absolute Gasteiger partial charge is 0.243 e. The number of sulfonamides is 1. The predicted molar refractivity (Wildman–Crippen MR) is 68.8 cm³/mol. The summed E-state index contributed by atoms with van der Waals surface area (Å²) in [5.41, 5.74) is 0.291. The quantitative estimate of drug-likeness (QED) is 0.780. The Morgan fingerprint density at radius 3 is 2.79 bits per heavy atom. The lowest BCUT2D eigenvalue weighted by Gasteiger charge is -2.25. The molecule has 19 heavy (non-hydrogen) atoms. The molecule has 0 aliphatic carbocycles. The fourth-order valence-electron chi connectivity index (χ4n) is 2.09. The van der Waals surface area contributed by atoms with Crippen molar-refractivity contribution in [3.05, 3.63) is 29.8 Å². The Kier molecular flexibility index (Phi) is 3.87. The normalized spacial score (nSPS) is 23.5. The van der Waals surface area contributed by atoms with Gasteiger partial charge >= 0.3 is 0 Å². The molecule has 1 aliphatic rings. The molecule has 2 rings (SSSR count). The van der Waals surface area contributed by atoms with Gasteiger partial charge in [0.15, 0.2) is 0 Å². The third kappa shape index (κ3) is 2.62. The Morgan fingerprint density at radius 1 is 1.47 bits per heavy atom. The minimum atomic E-state index is -3.71. The maximum atomic E-state index is 12.4. The van der Waals surface area contributed by atoms with Crippen LogP contribution in [0.5, 0.6) is 0 Å². The summed E-state index contributed by atoms with van der Waals surface area (Å²) in [7, 11) is -2.27. The van der Waals surface area contributed by atoms with Gasteiger partial charge in [0.25, 0.3) is 0 Å². The molecule has 0 bridgehead atoms. The van der Waals surface area contributed by atoms with Gasteiger partial charge in [-0.05, 0) is 18.2 Å². The van der Waals surface area contributed by atoms with Crippen molar-refractivity contribution >= 4 is 10.0 Å². The van der Waals surface area contributed by atoms with Gasteiger partial charge in [0.1, 0.15) is 0 Å². The van der Waals surface area contributed by atoms with Gasteiger partial charge in [0.2, 0.25) is 10.0 Å². The second kappa shape index (κ2) is 5.27. The van der Waals surface area contributed by atoms with Crippen LogP contribution in [0.25, 0.3) is 0 Å². The average Bonchev–Trinajstić information content (AvgIpc) is 2.84. The number of β-amino-alcohol motifs (C(OH)–C–C–N with tert-alkyl or cyclic N) is 1. The molecule has 0 spiro atoms. The van der Waals surface area contributed by atoms with Crippen molar-refractivity contribution in [2.75, 3.05) is 20.1 Å². The van der Waals surface area contributed by atoms with Crippen LogP contribution in [0.15, 0.2) is 29.2 Å². The van der Waals surface area contributed by atoms with Crippen molar-refractivity contribution in [3.63, 3.8) is 0 Å². The van der Waals surface area contributed by atoms with E-state index in [1.54, 1.807) is 6.07 Å². The van der Waals surface area contributed by atoms with Crippen LogP contribution >= 0.6 is 0 Å². The number of aliphatic hydroxyl groups excluding tert-OH is 1. The average molecular weight is 281 g/mol. The van der Waals surface area contributed by atoms with Crippen LogP contribution in [0.4, 0.5) is 0 Å². The van der Waals surface area contributed by atoms with E-state index in [1.807, 2.05) is 6.07 Å². The van der Waals surface area contributed by atoms with E-state index in [1.165, 1.54) is 25.2 Å². The monoisotopic (exact) mass is 281 g/mol. The first-order valence-electron chi connectivity index (χ1n) is 5.84. The standard InChI is InChI=1S/C12H15N3O3S/c1-15(11-7-14-8-12(11)16)19(17,18)10-4-2-3-9(5-10)6-13/h2-5,11-12,14,16H,7-8H2,1H3/t11-,12-/m0/s1. The predicted octanol–water partition coefficient (Wildman–Crippen LogP) is -0.489. The molecule has 7 heteroatoms. The maximum absolute atomic E-state index is 12.4. The molecule has 1 aromatic rings. The number of hydrogen-bond donors (Lipinski definition) is 2. The first-order chi connectivity index (χ1) is 8.96. The molecule has 0 saturated carbocycles. The van der Waals surface area contributed by atoms with Gasteiger partial charge in [0.05, 0.1) is 28.7 Å². The largest absolute Gasteiger partial charge is 0.390 e. The Bertz CT molecular complexity index is 609. The zero-order chi connectivity index (χ0) is 14.0. The first kappa shape index (κ1) is 14.0. The summed E-state index contributed by atoms with van der Waals surface area (Å²) in [5.74, 6) is 0. The summed E-state index contributed by atoms with van der Waals surface area (Å²) >= 11 is 0. The molecular formula is C12H15N3O3S. The molecule has 1 fully saturated rings. The van der Waals surface area contributed by atoms with Crippen molar-refractivity contribution < 1.29 is 13.5 Å². The van der Waals surface area contributed by atoms with E-state index >= 15 is 0 Å². The highest BCUT2D eigenvalue weighted by Gasteiger charge is 2.35. The van der Waals surface area contributed by atoms with Crippen LogP contribution in [0.2, 0.25) is 0 Å². The van der Waals surface area contributed by atoms with Crippen LogP contribution in [0, 0.1) is 11.3 Å².